The second-order valence-corrected chi connectivity index (χ2v) is 33.3. The molecule has 9 aliphatic rings. The molecule has 1 unspecified atom stereocenters. The lowest BCUT2D eigenvalue weighted by Gasteiger charge is -2.29. The highest BCUT2D eigenvalue weighted by Crippen LogP contribution is 2.44. The van der Waals surface area contributed by atoms with Crippen molar-refractivity contribution in [1.82, 2.24) is 29.7 Å². The van der Waals surface area contributed by atoms with Gasteiger partial charge >= 0.3 is 36.6 Å². The normalized spacial score (nSPS) is 23.1. The van der Waals surface area contributed by atoms with Gasteiger partial charge in [0.15, 0.2) is 0 Å². The van der Waals surface area contributed by atoms with Gasteiger partial charge in [0.05, 0.1) is 59.3 Å². The molecular formula is C84H102F15N15O6. The molecule has 0 spiro atoms. The highest BCUT2D eigenvalue weighted by Gasteiger charge is 2.49. The molecule has 15 rings (SSSR count). The van der Waals surface area contributed by atoms with Crippen molar-refractivity contribution in [2.75, 3.05) is 203 Å². The number of likely N-dealkylation sites (tertiary alicyclic amines) is 3. The monoisotopic (exact) mass is 1700 g/mol. The predicted molar refractivity (Wildman–Crippen MR) is 429 cm³/mol. The van der Waals surface area contributed by atoms with Crippen molar-refractivity contribution in [3.05, 3.63) is 108 Å². The third-order valence-electron chi connectivity index (χ3n) is 23.9. The molecule has 654 valence electrons. The smallest absolute Gasteiger partial charge is 0.378 e. The number of urea groups is 3. The molecule has 6 amide bonds. The number of nitrogens with one attached hydrogen (secondary N) is 3. The van der Waals surface area contributed by atoms with E-state index in [1.807, 2.05) is 57.2 Å². The van der Waals surface area contributed by atoms with E-state index in [1.165, 1.54) is 35.5 Å². The molecule has 3 aromatic carbocycles. The number of halogens is 15. The van der Waals surface area contributed by atoms with E-state index in [9.17, 15) is 80.2 Å². The topological polar surface area (TPSA) is 183 Å². The Bertz CT molecular complexity index is 4150. The maximum absolute atomic E-state index is 14.4. The molecule has 9 saturated heterocycles. The highest BCUT2D eigenvalue weighted by atomic mass is 19.4. The van der Waals surface area contributed by atoms with Crippen molar-refractivity contribution >= 4 is 70.1 Å². The van der Waals surface area contributed by atoms with Gasteiger partial charge in [-0.1, -0.05) is 39.0 Å². The quantitative estimate of drug-likeness (QED) is 0.0825. The maximum Gasteiger partial charge on any atom is 0.389 e. The molecule has 0 bridgehead atoms. The summed E-state index contributed by atoms with van der Waals surface area (Å²) < 4.78 is 218. The number of morpholine rings is 3. The van der Waals surface area contributed by atoms with Gasteiger partial charge in [-0.2, -0.15) is 39.5 Å². The number of hydrogen-bond donors (Lipinski definition) is 3. The van der Waals surface area contributed by atoms with Crippen molar-refractivity contribution in [2.45, 2.75) is 116 Å². The lowest BCUT2D eigenvalue weighted by Crippen LogP contribution is -2.37. The van der Waals surface area contributed by atoms with Crippen LogP contribution >= 0.6 is 0 Å². The summed E-state index contributed by atoms with van der Waals surface area (Å²) in [6.07, 6.45) is -14.5. The van der Waals surface area contributed by atoms with Crippen molar-refractivity contribution in [1.29, 1.82) is 0 Å². The van der Waals surface area contributed by atoms with Crippen LogP contribution in [0.3, 0.4) is 0 Å². The lowest BCUT2D eigenvalue weighted by atomic mass is 10.00. The van der Waals surface area contributed by atoms with E-state index in [0.29, 0.717) is 150 Å². The van der Waals surface area contributed by atoms with Gasteiger partial charge in [0.25, 0.3) is 17.8 Å². The van der Waals surface area contributed by atoms with Gasteiger partial charge in [0.2, 0.25) is 0 Å². The van der Waals surface area contributed by atoms with E-state index >= 15 is 0 Å². The van der Waals surface area contributed by atoms with Gasteiger partial charge in [-0.3, -0.25) is 0 Å². The molecule has 12 heterocycles. The second kappa shape index (κ2) is 36.3. The second-order valence-electron chi connectivity index (χ2n) is 33.3. The van der Waals surface area contributed by atoms with E-state index in [4.69, 9.17) is 29.2 Å². The van der Waals surface area contributed by atoms with Gasteiger partial charge in [0.1, 0.15) is 34.9 Å². The molecule has 6 atom stereocenters. The molecular weight excluding hydrogens is 1600 g/mol. The number of amides is 6. The molecule has 3 N–H and O–H groups in total. The Labute approximate surface area is 687 Å². The Morgan fingerprint density at radius 3 is 0.808 bits per heavy atom. The molecule has 21 nitrogen and oxygen atoms in total. The summed E-state index contributed by atoms with van der Waals surface area (Å²) in [5.74, 6) is -9.26. The summed E-state index contributed by atoms with van der Waals surface area (Å²) in [5.41, 5.74) is 8.94. The molecule has 0 radical (unpaired) electrons. The number of benzene rings is 3. The van der Waals surface area contributed by atoms with Crippen LogP contribution in [0, 0.1) is 56.3 Å². The Balaban J connectivity index is 0.000000156. The van der Waals surface area contributed by atoms with Crippen molar-refractivity contribution < 1.29 is 94.5 Å². The minimum atomic E-state index is -4.25. The number of nitrogens with zero attached hydrogens (tertiary/aromatic N) is 12. The molecule has 0 saturated carbocycles. The zero-order valence-electron chi connectivity index (χ0n) is 67.8. The van der Waals surface area contributed by atoms with Crippen LogP contribution in [0.1, 0.15) is 76.0 Å². The number of ether oxygens (including phenoxy) is 3. The minimum absolute atomic E-state index is 0.0551. The van der Waals surface area contributed by atoms with E-state index in [-0.39, 0.29) is 58.9 Å². The average Bonchev–Trinajstić information content (AvgIpc) is 1.53. The number of hydrogen-bond acceptors (Lipinski definition) is 15. The predicted octanol–water partition coefficient (Wildman–Crippen LogP) is 17.4. The van der Waals surface area contributed by atoms with Gasteiger partial charge in [-0.25, -0.2) is 55.7 Å². The molecule has 0 aliphatic carbocycles. The molecule has 9 aliphatic heterocycles. The summed E-state index contributed by atoms with van der Waals surface area (Å²) in [6, 6.07) is 26.0. The molecule has 120 heavy (non-hydrogen) atoms. The lowest BCUT2D eigenvalue weighted by molar-refractivity contribution is -0.144. The third-order valence-corrected chi connectivity index (χ3v) is 23.9. The van der Waals surface area contributed by atoms with E-state index < -0.39 is 129 Å². The van der Waals surface area contributed by atoms with Gasteiger partial charge < -0.3 is 74.3 Å². The first-order chi connectivity index (χ1) is 56.6. The van der Waals surface area contributed by atoms with Crippen LogP contribution in [0.2, 0.25) is 0 Å². The SMILES string of the molecule is Cc1ccc(NC(=O)N2CC[C@@H](CC(F)(F)F)C2)cc1-c1cc(N2CCOCC2)nc(N2CC(C)C(F)(F)C2)c1.Cc1ccc(NC(=O)N2CC[C@@H](CC(F)(F)F)C2)cc1-c1cc(N2CCOCC2)nc(N2C[C@@H](C)C(F)(F)C2)c1.Cc1ccc(NC(=O)N2CC[C@@H](CC(F)(F)F)C2)cc1-c1cc(N2CCOCC2)nc(N2C[C@H](C)C(F)(F)C2)c1. The number of anilines is 9. The largest absolute Gasteiger partial charge is 0.389 e. The number of aromatic nitrogens is 3. The fraction of sp³-hybridized carbons (Fsp3) is 0.571. The van der Waals surface area contributed by atoms with Crippen molar-refractivity contribution in [3.63, 3.8) is 0 Å². The van der Waals surface area contributed by atoms with E-state index in [1.54, 1.807) is 69.3 Å². The Kier molecular flexibility index (Phi) is 26.7. The van der Waals surface area contributed by atoms with Crippen LogP contribution in [0.25, 0.3) is 33.4 Å². The summed E-state index contributed by atoms with van der Waals surface area (Å²) in [6.45, 7) is 17.7. The first kappa shape index (κ1) is 88.3. The number of rotatable bonds is 15. The zero-order chi connectivity index (χ0) is 86.0. The van der Waals surface area contributed by atoms with Crippen LogP contribution in [0.5, 0.6) is 0 Å². The van der Waals surface area contributed by atoms with E-state index in [0.717, 1.165) is 50.1 Å². The standard InChI is InChI=1S/3C28H34F5N5O2/c3*1-18-3-4-22(34-26(39)37-6-5-20(16-37)14-28(31,32)33)13-23(18)21-11-24(36-7-9-40-10-8-36)35-25(12-21)38-15-19(2)27(29,30)17-38/h3*3-4,11-13,19-20H,5-10,14-17H2,1-2H3,(H,34,39)/t19?,20-;19-,20+;19-,20-/m010/s1. The zero-order valence-corrected chi connectivity index (χ0v) is 67.8. The summed E-state index contributed by atoms with van der Waals surface area (Å²) in [5, 5.41) is 8.47. The van der Waals surface area contributed by atoms with Crippen LogP contribution < -0.4 is 45.3 Å². The molecule has 36 heteroatoms. The average molecular weight is 1700 g/mol. The fourth-order valence-corrected chi connectivity index (χ4v) is 16.8. The fourth-order valence-electron chi connectivity index (χ4n) is 16.8. The molecule has 6 aromatic rings. The van der Waals surface area contributed by atoms with Crippen LogP contribution in [-0.2, 0) is 14.2 Å². The first-order valence-corrected chi connectivity index (χ1v) is 40.8. The number of carbonyl (C=O) groups is 3. The van der Waals surface area contributed by atoms with E-state index in [2.05, 4.69) is 30.7 Å². The van der Waals surface area contributed by atoms with Crippen LogP contribution in [0.15, 0.2) is 91.0 Å². The van der Waals surface area contributed by atoms with Gasteiger partial charge in [-0.05, 0) is 181 Å². The number of carbonyl (C=O) groups excluding carboxylic acids is 3. The Morgan fingerprint density at radius 2 is 0.592 bits per heavy atom. The maximum atomic E-state index is 14.4. The number of aryl methyl sites for hydroxylation is 3. The Hall–Kier alpha value is -9.45. The van der Waals surface area contributed by atoms with Crippen molar-refractivity contribution in [3.8, 4) is 33.4 Å². The highest BCUT2D eigenvalue weighted by molar-refractivity contribution is 5.93. The van der Waals surface area contributed by atoms with Crippen LogP contribution in [-0.4, -0.2) is 241 Å². The molecule has 9 fully saturated rings. The number of pyridine rings is 3. The van der Waals surface area contributed by atoms with Gasteiger partial charge in [0, 0.05) is 152 Å². The molecule has 3 aromatic heterocycles. The van der Waals surface area contributed by atoms with Crippen LogP contribution in [0.4, 0.5) is 132 Å². The minimum Gasteiger partial charge on any atom is -0.378 e. The summed E-state index contributed by atoms with van der Waals surface area (Å²) in [7, 11) is 0. The third kappa shape index (κ3) is 22.4. The Morgan fingerprint density at radius 1 is 0.358 bits per heavy atom. The van der Waals surface area contributed by atoms with Crippen molar-refractivity contribution in [2.24, 2.45) is 35.5 Å². The number of alkyl halides is 15. The van der Waals surface area contributed by atoms with Gasteiger partial charge in [-0.15, -0.1) is 0 Å². The first-order valence-electron chi connectivity index (χ1n) is 40.8. The summed E-state index contributed by atoms with van der Waals surface area (Å²) >= 11 is 0. The summed E-state index contributed by atoms with van der Waals surface area (Å²) in [4.78, 5) is 68.1.